The summed E-state index contributed by atoms with van der Waals surface area (Å²) in [6.45, 7) is 5.41. The van der Waals surface area contributed by atoms with Crippen molar-refractivity contribution in [3.8, 4) is 6.07 Å². The van der Waals surface area contributed by atoms with E-state index < -0.39 is 18.3 Å². The number of aromatic nitrogens is 1. The van der Waals surface area contributed by atoms with Crippen LogP contribution in [-0.4, -0.2) is 40.9 Å². The number of nitriles is 1. The molecule has 0 bridgehead atoms. The third-order valence-electron chi connectivity index (χ3n) is 4.84. The van der Waals surface area contributed by atoms with Crippen molar-refractivity contribution < 1.29 is 9.90 Å². The molecular formula is C20H31N5O2. The van der Waals surface area contributed by atoms with Gasteiger partial charge < -0.3 is 15.7 Å². The van der Waals surface area contributed by atoms with Gasteiger partial charge in [-0.3, -0.25) is 15.1 Å². The van der Waals surface area contributed by atoms with Gasteiger partial charge in [-0.15, -0.1) is 0 Å². The van der Waals surface area contributed by atoms with E-state index in [-0.39, 0.29) is 11.8 Å². The molecule has 1 saturated heterocycles. The number of amides is 1. The number of carbonyl (C=O) groups excluding carboxylic acids is 1. The highest BCUT2D eigenvalue weighted by Gasteiger charge is 2.28. The fourth-order valence-electron chi connectivity index (χ4n) is 3.39. The van der Waals surface area contributed by atoms with Gasteiger partial charge in [0.1, 0.15) is 12.3 Å². The zero-order chi connectivity index (χ0) is 19.6. The van der Waals surface area contributed by atoms with Crippen LogP contribution >= 0.6 is 0 Å². The van der Waals surface area contributed by atoms with E-state index in [9.17, 15) is 15.2 Å². The summed E-state index contributed by atoms with van der Waals surface area (Å²) in [5.41, 5.74) is 0.868. The minimum absolute atomic E-state index is 0.0197. The molecule has 0 radical (unpaired) electrons. The van der Waals surface area contributed by atoms with Gasteiger partial charge in [0.15, 0.2) is 0 Å². The Morgan fingerprint density at radius 1 is 1.48 bits per heavy atom. The molecule has 1 aromatic heterocycles. The SMILES string of the molecule is CC(C)C[C@H](NCc1ccccn1)C(=O)N[C@H](C#N)C[C@@H]1CCCNC1O. The lowest BCUT2D eigenvalue weighted by molar-refractivity contribution is -0.124. The van der Waals surface area contributed by atoms with Gasteiger partial charge in [0.25, 0.3) is 0 Å². The predicted molar refractivity (Wildman–Crippen MR) is 103 cm³/mol. The van der Waals surface area contributed by atoms with E-state index in [0.29, 0.717) is 25.3 Å². The van der Waals surface area contributed by atoms with Crippen molar-refractivity contribution in [1.82, 2.24) is 20.9 Å². The van der Waals surface area contributed by atoms with Crippen LogP contribution in [0.1, 0.15) is 45.2 Å². The summed E-state index contributed by atoms with van der Waals surface area (Å²) in [5, 5.41) is 28.6. The van der Waals surface area contributed by atoms with Gasteiger partial charge in [0, 0.05) is 18.7 Å². The number of rotatable bonds is 9. The smallest absolute Gasteiger partial charge is 0.238 e. The van der Waals surface area contributed by atoms with Gasteiger partial charge in [-0.1, -0.05) is 19.9 Å². The number of hydrogen-bond donors (Lipinski definition) is 4. The van der Waals surface area contributed by atoms with Crippen molar-refractivity contribution in [3.05, 3.63) is 30.1 Å². The van der Waals surface area contributed by atoms with Crippen molar-refractivity contribution >= 4 is 5.91 Å². The maximum absolute atomic E-state index is 12.8. The zero-order valence-electron chi connectivity index (χ0n) is 16.2. The quantitative estimate of drug-likeness (QED) is 0.519. The van der Waals surface area contributed by atoms with E-state index in [1.54, 1.807) is 6.20 Å². The predicted octanol–water partition coefficient (Wildman–Crippen LogP) is 1.30. The second-order valence-electron chi connectivity index (χ2n) is 7.61. The summed E-state index contributed by atoms with van der Waals surface area (Å²) in [7, 11) is 0. The summed E-state index contributed by atoms with van der Waals surface area (Å²) >= 11 is 0. The molecule has 1 aliphatic heterocycles. The van der Waals surface area contributed by atoms with Crippen LogP contribution in [0.5, 0.6) is 0 Å². The van der Waals surface area contributed by atoms with Crippen LogP contribution < -0.4 is 16.0 Å². The maximum atomic E-state index is 12.8. The molecule has 0 spiro atoms. The Kier molecular flexibility index (Phi) is 8.65. The molecule has 4 N–H and O–H groups in total. The van der Waals surface area contributed by atoms with E-state index in [0.717, 1.165) is 25.1 Å². The number of carbonyl (C=O) groups is 1. The Morgan fingerprint density at radius 2 is 2.30 bits per heavy atom. The van der Waals surface area contributed by atoms with E-state index in [2.05, 4.69) is 40.9 Å². The molecule has 1 amide bonds. The minimum Gasteiger partial charge on any atom is -0.378 e. The van der Waals surface area contributed by atoms with Gasteiger partial charge in [0.2, 0.25) is 5.91 Å². The molecule has 2 rings (SSSR count). The van der Waals surface area contributed by atoms with Crippen LogP contribution in [0.2, 0.25) is 0 Å². The van der Waals surface area contributed by atoms with Crippen molar-refractivity contribution in [3.63, 3.8) is 0 Å². The highest BCUT2D eigenvalue weighted by molar-refractivity contribution is 5.82. The van der Waals surface area contributed by atoms with Crippen LogP contribution in [0.3, 0.4) is 0 Å². The van der Waals surface area contributed by atoms with Gasteiger partial charge in [-0.2, -0.15) is 5.26 Å². The number of piperidine rings is 1. The number of aliphatic hydroxyl groups is 1. The first-order valence-electron chi connectivity index (χ1n) is 9.74. The molecule has 4 atom stereocenters. The number of aliphatic hydroxyl groups excluding tert-OH is 1. The van der Waals surface area contributed by atoms with Crippen molar-refractivity contribution in [2.75, 3.05) is 6.54 Å². The minimum atomic E-state index is -0.611. The van der Waals surface area contributed by atoms with Gasteiger partial charge >= 0.3 is 0 Å². The normalized spacial score (nSPS) is 22.0. The fourth-order valence-corrected chi connectivity index (χ4v) is 3.39. The second kappa shape index (κ2) is 11.0. The summed E-state index contributed by atoms with van der Waals surface area (Å²) in [6.07, 6.45) is 4.06. The first-order chi connectivity index (χ1) is 13.0. The number of nitrogens with one attached hydrogen (secondary N) is 3. The monoisotopic (exact) mass is 373 g/mol. The lowest BCUT2D eigenvalue weighted by atomic mass is 9.91. The Balaban J connectivity index is 1.93. The van der Waals surface area contributed by atoms with E-state index >= 15 is 0 Å². The Hall–Kier alpha value is -2.01. The molecule has 0 aliphatic carbocycles. The number of hydrogen-bond acceptors (Lipinski definition) is 6. The fraction of sp³-hybridized carbons (Fsp3) is 0.650. The van der Waals surface area contributed by atoms with Crippen LogP contribution in [0.25, 0.3) is 0 Å². The maximum Gasteiger partial charge on any atom is 0.238 e. The van der Waals surface area contributed by atoms with Crippen molar-refractivity contribution in [2.45, 2.75) is 64.4 Å². The summed E-state index contributed by atoms with van der Waals surface area (Å²) in [4.78, 5) is 17.0. The largest absolute Gasteiger partial charge is 0.378 e. The van der Waals surface area contributed by atoms with Crippen molar-refractivity contribution in [2.24, 2.45) is 11.8 Å². The summed E-state index contributed by atoms with van der Waals surface area (Å²) < 4.78 is 0. The second-order valence-corrected chi connectivity index (χ2v) is 7.61. The van der Waals surface area contributed by atoms with Crippen LogP contribution in [0.4, 0.5) is 0 Å². The van der Waals surface area contributed by atoms with Crippen LogP contribution in [-0.2, 0) is 11.3 Å². The first-order valence-corrected chi connectivity index (χ1v) is 9.74. The molecule has 148 valence electrons. The highest BCUT2D eigenvalue weighted by Crippen LogP contribution is 2.20. The molecule has 1 unspecified atom stereocenters. The standard InChI is InChI=1S/C20H31N5O2/c1-14(2)10-18(24-13-16-7-3-4-8-22-16)20(27)25-17(12-21)11-15-6-5-9-23-19(15)26/h3-4,7-8,14-15,17-19,23-24,26H,5-6,9-11,13H2,1-2H3,(H,25,27)/t15-,17-,18-,19?/m0/s1. The third-order valence-corrected chi connectivity index (χ3v) is 4.84. The van der Waals surface area contributed by atoms with Gasteiger partial charge in [-0.05, 0) is 50.3 Å². The highest BCUT2D eigenvalue weighted by atomic mass is 16.3. The molecule has 0 saturated carbocycles. The average molecular weight is 374 g/mol. The summed E-state index contributed by atoms with van der Waals surface area (Å²) in [6, 6.07) is 6.85. The lowest BCUT2D eigenvalue weighted by Gasteiger charge is -2.30. The Bertz CT molecular complexity index is 617. The van der Waals surface area contributed by atoms with Crippen molar-refractivity contribution in [1.29, 1.82) is 5.26 Å². The molecule has 1 aromatic rings. The molecular weight excluding hydrogens is 342 g/mol. The number of nitrogens with zero attached hydrogens (tertiary/aromatic N) is 2. The molecule has 1 aliphatic rings. The van der Waals surface area contributed by atoms with Gasteiger partial charge in [0.05, 0.1) is 17.8 Å². The Morgan fingerprint density at radius 3 is 2.93 bits per heavy atom. The molecule has 27 heavy (non-hydrogen) atoms. The third kappa shape index (κ3) is 7.25. The molecule has 1 fully saturated rings. The summed E-state index contributed by atoms with van der Waals surface area (Å²) in [5.74, 6) is 0.139. The topological polar surface area (TPSA) is 110 Å². The molecule has 2 heterocycles. The molecule has 0 aromatic carbocycles. The number of pyridine rings is 1. The zero-order valence-corrected chi connectivity index (χ0v) is 16.2. The van der Waals surface area contributed by atoms with Crippen LogP contribution in [0.15, 0.2) is 24.4 Å². The van der Waals surface area contributed by atoms with E-state index in [1.807, 2.05) is 18.2 Å². The van der Waals surface area contributed by atoms with E-state index in [1.165, 1.54) is 0 Å². The van der Waals surface area contributed by atoms with Crippen LogP contribution in [0, 0.1) is 23.2 Å². The average Bonchev–Trinajstić information content (AvgIpc) is 2.66. The molecule has 7 nitrogen and oxygen atoms in total. The van der Waals surface area contributed by atoms with Gasteiger partial charge in [-0.25, -0.2) is 0 Å². The first kappa shape index (κ1) is 21.3. The molecule has 7 heteroatoms. The van der Waals surface area contributed by atoms with E-state index in [4.69, 9.17) is 0 Å². The lowest BCUT2D eigenvalue weighted by Crippen LogP contribution is -2.50. The Labute approximate surface area is 161 Å².